The molecule has 11 heteroatoms. The van der Waals surface area contributed by atoms with Crippen LogP contribution in [0, 0.1) is 17.7 Å². The molecule has 2 aromatic rings. The first-order valence-electron chi connectivity index (χ1n) is 15.4. The number of carbonyl (C=O) groups is 2. The lowest BCUT2D eigenvalue weighted by Crippen LogP contribution is -2.47. The number of nitrogens with zero attached hydrogens (tertiary/aromatic N) is 5. The minimum absolute atomic E-state index is 0.137. The Morgan fingerprint density at radius 3 is 2.44 bits per heavy atom. The summed E-state index contributed by atoms with van der Waals surface area (Å²) in [5.74, 6) is 1.35. The standard InChI is InChI=1S/C32H47FN6O4/c1-22(2)30(40)37(6)26-19-24(33)9-12-27(26)42-28-20-34-21-35-29(28)39-17-15-38(16-18-39)14-13-23-7-10-25(11-8-23)36-31(41)43-32(3,4)5/h9,12,19-23,25H,7-8,10-11,13-18H2,1-6H3,(H,36,41). The van der Waals surface area contributed by atoms with E-state index in [-0.39, 0.29) is 24.0 Å². The van der Waals surface area contributed by atoms with Crippen LogP contribution in [0.15, 0.2) is 30.7 Å². The summed E-state index contributed by atoms with van der Waals surface area (Å²) in [6.45, 7) is 13.7. The number of aromatic nitrogens is 2. The molecule has 1 aliphatic heterocycles. The van der Waals surface area contributed by atoms with Gasteiger partial charge in [0, 0.05) is 51.3 Å². The van der Waals surface area contributed by atoms with Gasteiger partial charge in [0.1, 0.15) is 17.7 Å². The fraction of sp³-hybridized carbons (Fsp3) is 0.625. The number of nitrogens with one attached hydrogen (secondary N) is 1. The molecule has 0 bridgehead atoms. The number of anilines is 2. The average Bonchev–Trinajstić information content (AvgIpc) is 2.96. The Labute approximate surface area is 254 Å². The van der Waals surface area contributed by atoms with Gasteiger partial charge in [0.15, 0.2) is 17.3 Å². The van der Waals surface area contributed by atoms with Gasteiger partial charge in [-0.15, -0.1) is 0 Å². The minimum Gasteiger partial charge on any atom is -0.450 e. The molecule has 0 unspecified atom stereocenters. The van der Waals surface area contributed by atoms with Crippen LogP contribution in [-0.4, -0.2) is 78.3 Å². The van der Waals surface area contributed by atoms with E-state index >= 15 is 0 Å². The van der Waals surface area contributed by atoms with Gasteiger partial charge in [0.2, 0.25) is 5.91 Å². The van der Waals surface area contributed by atoms with Gasteiger partial charge in [0.05, 0.1) is 11.9 Å². The Balaban J connectivity index is 1.28. The third-order valence-corrected chi connectivity index (χ3v) is 8.08. The zero-order valence-corrected chi connectivity index (χ0v) is 26.4. The molecule has 1 N–H and O–H groups in total. The van der Waals surface area contributed by atoms with Gasteiger partial charge < -0.3 is 24.6 Å². The summed E-state index contributed by atoms with van der Waals surface area (Å²) in [5.41, 5.74) is -0.126. The van der Waals surface area contributed by atoms with Gasteiger partial charge in [-0.25, -0.2) is 19.2 Å². The van der Waals surface area contributed by atoms with Gasteiger partial charge in [-0.1, -0.05) is 13.8 Å². The number of rotatable bonds is 9. The zero-order chi connectivity index (χ0) is 31.1. The fourth-order valence-electron chi connectivity index (χ4n) is 5.70. The van der Waals surface area contributed by atoms with Crippen LogP contribution in [0.4, 0.5) is 20.7 Å². The van der Waals surface area contributed by atoms with Gasteiger partial charge in [-0.05, 0) is 77.5 Å². The van der Waals surface area contributed by atoms with Crippen molar-refractivity contribution in [2.75, 3.05) is 49.6 Å². The normalized spacial score (nSPS) is 19.7. The molecule has 2 heterocycles. The Bertz CT molecular complexity index is 1240. The monoisotopic (exact) mass is 598 g/mol. The lowest BCUT2D eigenvalue weighted by atomic mass is 9.84. The first kappa shape index (κ1) is 32.4. The zero-order valence-electron chi connectivity index (χ0n) is 26.4. The van der Waals surface area contributed by atoms with Crippen LogP contribution in [0.5, 0.6) is 11.5 Å². The molecular formula is C32H47FN6O4. The third-order valence-electron chi connectivity index (χ3n) is 8.08. The molecule has 1 aromatic carbocycles. The first-order chi connectivity index (χ1) is 20.4. The highest BCUT2D eigenvalue weighted by Gasteiger charge is 2.27. The van der Waals surface area contributed by atoms with Gasteiger partial charge in [-0.2, -0.15) is 0 Å². The Morgan fingerprint density at radius 2 is 1.79 bits per heavy atom. The van der Waals surface area contributed by atoms with Gasteiger partial charge in [0.25, 0.3) is 0 Å². The van der Waals surface area contributed by atoms with Gasteiger partial charge >= 0.3 is 6.09 Å². The van der Waals surface area contributed by atoms with Crippen LogP contribution in [-0.2, 0) is 9.53 Å². The second-order valence-electron chi connectivity index (χ2n) is 13.0. The van der Waals surface area contributed by atoms with E-state index in [9.17, 15) is 14.0 Å². The van der Waals surface area contributed by atoms with Crippen molar-refractivity contribution in [1.29, 1.82) is 0 Å². The number of amides is 2. The number of hydrogen-bond acceptors (Lipinski definition) is 8. The summed E-state index contributed by atoms with van der Waals surface area (Å²) >= 11 is 0. The molecule has 4 rings (SSSR count). The first-order valence-corrected chi connectivity index (χ1v) is 15.4. The average molecular weight is 599 g/mol. The SMILES string of the molecule is CC(C)C(=O)N(C)c1cc(F)ccc1Oc1cncnc1N1CCN(CCC2CCC(NC(=O)OC(C)(C)C)CC2)CC1. The van der Waals surface area contributed by atoms with E-state index in [4.69, 9.17) is 9.47 Å². The fourth-order valence-corrected chi connectivity index (χ4v) is 5.70. The van der Waals surface area contributed by atoms with Crippen molar-refractivity contribution >= 4 is 23.5 Å². The van der Waals surface area contributed by atoms with E-state index in [1.165, 1.54) is 29.4 Å². The van der Waals surface area contributed by atoms with Crippen LogP contribution in [0.1, 0.15) is 66.7 Å². The number of hydrogen-bond donors (Lipinski definition) is 1. The quantitative estimate of drug-likeness (QED) is 0.397. The summed E-state index contributed by atoms with van der Waals surface area (Å²) in [5, 5.41) is 3.03. The summed E-state index contributed by atoms with van der Waals surface area (Å²) < 4.78 is 25.8. The molecule has 2 amide bonds. The highest BCUT2D eigenvalue weighted by Crippen LogP contribution is 2.37. The number of carbonyl (C=O) groups excluding carboxylic acids is 2. The largest absolute Gasteiger partial charge is 0.450 e. The predicted octanol–water partition coefficient (Wildman–Crippen LogP) is 5.62. The van der Waals surface area contributed by atoms with Crippen LogP contribution >= 0.6 is 0 Å². The highest BCUT2D eigenvalue weighted by molar-refractivity contribution is 5.95. The van der Waals surface area contributed by atoms with E-state index in [1.54, 1.807) is 27.1 Å². The van der Waals surface area contributed by atoms with Crippen molar-refractivity contribution in [1.82, 2.24) is 20.2 Å². The highest BCUT2D eigenvalue weighted by atomic mass is 19.1. The Kier molecular flexibility index (Phi) is 10.8. The Hall–Kier alpha value is -3.47. The molecule has 10 nitrogen and oxygen atoms in total. The predicted molar refractivity (Wildman–Crippen MR) is 165 cm³/mol. The van der Waals surface area contributed by atoms with E-state index in [2.05, 4.69) is 25.1 Å². The third kappa shape index (κ3) is 9.26. The van der Waals surface area contributed by atoms with Gasteiger partial charge in [-0.3, -0.25) is 9.69 Å². The van der Waals surface area contributed by atoms with Crippen molar-refractivity contribution in [3.63, 3.8) is 0 Å². The molecule has 1 aromatic heterocycles. The molecule has 2 aliphatic rings. The molecular weight excluding hydrogens is 551 g/mol. The van der Waals surface area contributed by atoms with Crippen LogP contribution in [0.3, 0.4) is 0 Å². The number of alkyl carbamates (subject to hydrolysis) is 1. The summed E-state index contributed by atoms with van der Waals surface area (Å²) in [4.78, 5) is 39.5. The summed E-state index contributed by atoms with van der Waals surface area (Å²) in [6.07, 6.45) is 8.16. The van der Waals surface area contributed by atoms with E-state index in [0.29, 0.717) is 28.9 Å². The number of halogens is 1. The maximum Gasteiger partial charge on any atom is 0.407 e. The molecule has 0 radical (unpaired) electrons. The molecule has 1 saturated carbocycles. The smallest absolute Gasteiger partial charge is 0.407 e. The van der Waals surface area contributed by atoms with Crippen molar-refractivity contribution < 1.29 is 23.5 Å². The van der Waals surface area contributed by atoms with Crippen molar-refractivity contribution in [3.8, 4) is 11.5 Å². The van der Waals surface area contributed by atoms with E-state index in [0.717, 1.165) is 64.8 Å². The molecule has 1 saturated heterocycles. The number of ether oxygens (including phenoxy) is 2. The second kappa shape index (κ2) is 14.3. The van der Waals surface area contributed by atoms with Crippen LogP contribution in [0.25, 0.3) is 0 Å². The number of piperazine rings is 1. The lowest BCUT2D eigenvalue weighted by Gasteiger charge is -2.37. The summed E-state index contributed by atoms with van der Waals surface area (Å²) in [6, 6.07) is 4.35. The maximum atomic E-state index is 14.2. The second-order valence-corrected chi connectivity index (χ2v) is 13.0. The molecule has 43 heavy (non-hydrogen) atoms. The molecule has 1 aliphatic carbocycles. The maximum absolute atomic E-state index is 14.2. The minimum atomic E-state index is -0.481. The van der Waals surface area contributed by atoms with Crippen molar-refractivity contribution in [2.45, 2.75) is 78.4 Å². The molecule has 236 valence electrons. The van der Waals surface area contributed by atoms with Crippen LogP contribution < -0.4 is 19.9 Å². The van der Waals surface area contributed by atoms with E-state index in [1.807, 2.05) is 20.8 Å². The van der Waals surface area contributed by atoms with E-state index < -0.39 is 11.4 Å². The lowest BCUT2D eigenvalue weighted by molar-refractivity contribution is -0.121. The number of benzene rings is 1. The Morgan fingerprint density at radius 1 is 1.09 bits per heavy atom. The molecule has 0 atom stereocenters. The van der Waals surface area contributed by atoms with Crippen molar-refractivity contribution in [3.05, 3.63) is 36.5 Å². The van der Waals surface area contributed by atoms with Crippen LogP contribution in [0.2, 0.25) is 0 Å². The molecule has 2 fully saturated rings. The molecule has 0 spiro atoms. The summed E-state index contributed by atoms with van der Waals surface area (Å²) in [7, 11) is 1.62. The van der Waals surface area contributed by atoms with Crippen molar-refractivity contribution in [2.24, 2.45) is 11.8 Å². The topological polar surface area (TPSA) is 100 Å².